The molecule has 0 saturated heterocycles. The number of carbonyl (C=O) groups excluding carboxylic acids is 1. The van der Waals surface area contributed by atoms with Gasteiger partial charge >= 0.3 is 0 Å². The monoisotopic (exact) mass is 245 g/mol. The molecule has 0 spiro atoms. The van der Waals surface area contributed by atoms with E-state index in [1.165, 1.54) is 4.88 Å². The highest BCUT2D eigenvalue weighted by Gasteiger charge is 2.13. The Labute approximate surface area is 105 Å². The molecule has 2 nitrogen and oxygen atoms in total. The lowest BCUT2D eigenvalue weighted by Crippen LogP contribution is -2.26. The van der Waals surface area contributed by atoms with Crippen molar-refractivity contribution in [3.05, 3.63) is 57.8 Å². The number of thiophene rings is 1. The summed E-state index contributed by atoms with van der Waals surface area (Å²) in [4.78, 5) is 13.2. The van der Waals surface area contributed by atoms with Crippen molar-refractivity contribution in [3.8, 4) is 0 Å². The second kappa shape index (κ2) is 5.15. The summed E-state index contributed by atoms with van der Waals surface area (Å²) in [6, 6.07) is 11.7. The normalized spacial score (nSPS) is 12.1. The van der Waals surface area contributed by atoms with E-state index in [2.05, 4.69) is 5.32 Å². The SMILES string of the molecule is Cc1ccccc1C(=O)NC(C)c1cccs1. The van der Waals surface area contributed by atoms with E-state index in [0.29, 0.717) is 0 Å². The Bertz CT molecular complexity index is 505. The zero-order valence-corrected chi connectivity index (χ0v) is 10.8. The first-order valence-electron chi connectivity index (χ1n) is 5.58. The first kappa shape index (κ1) is 11.9. The Balaban J connectivity index is 2.10. The van der Waals surface area contributed by atoms with Crippen molar-refractivity contribution in [3.63, 3.8) is 0 Å². The van der Waals surface area contributed by atoms with E-state index >= 15 is 0 Å². The molecule has 1 N–H and O–H groups in total. The van der Waals surface area contributed by atoms with Gasteiger partial charge in [-0.25, -0.2) is 0 Å². The van der Waals surface area contributed by atoms with Gasteiger partial charge in [0.1, 0.15) is 0 Å². The van der Waals surface area contributed by atoms with Crippen LogP contribution in [0.3, 0.4) is 0 Å². The van der Waals surface area contributed by atoms with Gasteiger partial charge in [-0.1, -0.05) is 24.3 Å². The molecule has 1 aromatic carbocycles. The maximum Gasteiger partial charge on any atom is 0.252 e. The molecule has 0 saturated carbocycles. The summed E-state index contributed by atoms with van der Waals surface area (Å²) in [5, 5.41) is 5.03. The highest BCUT2D eigenvalue weighted by molar-refractivity contribution is 7.10. The molecule has 0 aliphatic carbocycles. The van der Waals surface area contributed by atoms with Gasteiger partial charge in [-0.3, -0.25) is 4.79 Å². The van der Waals surface area contributed by atoms with E-state index in [0.717, 1.165) is 11.1 Å². The fourth-order valence-corrected chi connectivity index (χ4v) is 2.45. The first-order valence-corrected chi connectivity index (χ1v) is 6.46. The van der Waals surface area contributed by atoms with E-state index in [-0.39, 0.29) is 11.9 Å². The minimum absolute atomic E-state index is 0.0102. The summed E-state index contributed by atoms with van der Waals surface area (Å²) in [7, 11) is 0. The van der Waals surface area contributed by atoms with E-state index in [4.69, 9.17) is 0 Å². The Morgan fingerprint density at radius 2 is 2.00 bits per heavy atom. The highest BCUT2D eigenvalue weighted by atomic mass is 32.1. The summed E-state index contributed by atoms with van der Waals surface area (Å²) >= 11 is 1.66. The van der Waals surface area contributed by atoms with Crippen LogP contribution in [0.15, 0.2) is 41.8 Å². The predicted octanol–water partition coefficient (Wildman–Crippen LogP) is 3.55. The van der Waals surface area contributed by atoms with Gasteiger partial charge in [0.2, 0.25) is 0 Å². The number of nitrogens with one attached hydrogen (secondary N) is 1. The molecular formula is C14H15NOS. The molecule has 88 valence electrons. The molecule has 1 amide bonds. The van der Waals surface area contributed by atoms with E-state index in [1.54, 1.807) is 11.3 Å². The molecule has 0 bridgehead atoms. The summed E-state index contributed by atoms with van der Waals surface area (Å²) in [5.41, 5.74) is 1.75. The van der Waals surface area contributed by atoms with Crippen LogP contribution >= 0.6 is 11.3 Å². The lowest BCUT2D eigenvalue weighted by atomic mass is 10.1. The fourth-order valence-electron chi connectivity index (χ4n) is 1.71. The van der Waals surface area contributed by atoms with Crippen LogP contribution in [-0.4, -0.2) is 5.91 Å². The molecule has 1 heterocycles. The van der Waals surface area contributed by atoms with Crippen LogP contribution in [0.25, 0.3) is 0 Å². The smallest absolute Gasteiger partial charge is 0.252 e. The third kappa shape index (κ3) is 2.74. The van der Waals surface area contributed by atoms with Crippen LogP contribution in [-0.2, 0) is 0 Å². The molecule has 1 unspecified atom stereocenters. The lowest BCUT2D eigenvalue weighted by Gasteiger charge is -2.13. The van der Waals surface area contributed by atoms with Crippen molar-refractivity contribution in [1.29, 1.82) is 0 Å². The molecule has 2 aromatic rings. The molecule has 2 rings (SSSR count). The summed E-state index contributed by atoms with van der Waals surface area (Å²) < 4.78 is 0. The molecule has 0 radical (unpaired) electrons. The third-order valence-electron chi connectivity index (χ3n) is 2.71. The van der Waals surface area contributed by atoms with Crippen LogP contribution in [0.4, 0.5) is 0 Å². The van der Waals surface area contributed by atoms with Crippen LogP contribution in [0.2, 0.25) is 0 Å². The second-order valence-electron chi connectivity index (χ2n) is 4.03. The quantitative estimate of drug-likeness (QED) is 0.880. The summed E-state index contributed by atoms with van der Waals surface area (Å²) in [5.74, 6) is -0.0102. The van der Waals surface area contributed by atoms with Gasteiger partial charge in [0, 0.05) is 10.4 Å². The summed E-state index contributed by atoms with van der Waals surface area (Å²) in [6.07, 6.45) is 0. The number of carbonyl (C=O) groups is 1. The first-order chi connectivity index (χ1) is 8.18. The van der Waals surface area contributed by atoms with Gasteiger partial charge in [-0.2, -0.15) is 0 Å². The Kier molecular flexibility index (Phi) is 3.59. The maximum absolute atomic E-state index is 12.1. The van der Waals surface area contributed by atoms with Crippen molar-refractivity contribution in [1.82, 2.24) is 5.32 Å². The Morgan fingerprint density at radius 3 is 2.65 bits per heavy atom. The van der Waals surface area contributed by atoms with E-state index in [9.17, 15) is 4.79 Å². The van der Waals surface area contributed by atoms with Crippen molar-refractivity contribution in [2.45, 2.75) is 19.9 Å². The molecule has 0 fully saturated rings. The number of aryl methyl sites for hydroxylation is 1. The van der Waals surface area contributed by atoms with Gasteiger partial charge in [0.15, 0.2) is 0 Å². The largest absolute Gasteiger partial charge is 0.345 e. The summed E-state index contributed by atoms with van der Waals surface area (Å²) in [6.45, 7) is 3.95. The van der Waals surface area contributed by atoms with Crippen LogP contribution in [0.5, 0.6) is 0 Å². The minimum Gasteiger partial charge on any atom is -0.345 e. The fraction of sp³-hybridized carbons (Fsp3) is 0.214. The van der Waals surface area contributed by atoms with Gasteiger partial charge in [-0.15, -0.1) is 11.3 Å². The van der Waals surface area contributed by atoms with Crippen LogP contribution < -0.4 is 5.32 Å². The van der Waals surface area contributed by atoms with Crippen molar-refractivity contribution >= 4 is 17.2 Å². The van der Waals surface area contributed by atoms with Gasteiger partial charge in [0.05, 0.1) is 6.04 Å². The molecule has 3 heteroatoms. The lowest BCUT2D eigenvalue weighted by molar-refractivity contribution is 0.0940. The number of hydrogen-bond donors (Lipinski definition) is 1. The Hall–Kier alpha value is -1.61. The third-order valence-corrected chi connectivity index (χ3v) is 3.76. The second-order valence-corrected chi connectivity index (χ2v) is 5.00. The number of benzene rings is 1. The standard InChI is InChI=1S/C14H15NOS/c1-10-6-3-4-7-12(10)14(16)15-11(2)13-8-5-9-17-13/h3-9,11H,1-2H3,(H,15,16). The molecule has 17 heavy (non-hydrogen) atoms. The van der Waals surface area contributed by atoms with Crippen LogP contribution in [0, 0.1) is 6.92 Å². The van der Waals surface area contributed by atoms with Crippen LogP contribution in [0.1, 0.15) is 33.8 Å². The van der Waals surface area contributed by atoms with Gasteiger partial charge < -0.3 is 5.32 Å². The molecule has 1 aromatic heterocycles. The average molecular weight is 245 g/mol. The Morgan fingerprint density at radius 1 is 1.24 bits per heavy atom. The molecule has 1 atom stereocenters. The van der Waals surface area contributed by atoms with E-state index in [1.807, 2.05) is 55.6 Å². The van der Waals surface area contributed by atoms with Crippen molar-refractivity contribution in [2.24, 2.45) is 0 Å². The average Bonchev–Trinajstić information content (AvgIpc) is 2.82. The zero-order chi connectivity index (χ0) is 12.3. The number of rotatable bonds is 3. The molecule has 0 aliphatic rings. The van der Waals surface area contributed by atoms with Gasteiger partial charge in [0.25, 0.3) is 5.91 Å². The zero-order valence-electron chi connectivity index (χ0n) is 9.94. The number of hydrogen-bond acceptors (Lipinski definition) is 2. The molecule has 0 aliphatic heterocycles. The highest BCUT2D eigenvalue weighted by Crippen LogP contribution is 2.19. The topological polar surface area (TPSA) is 29.1 Å². The van der Waals surface area contributed by atoms with E-state index < -0.39 is 0 Å². The molecular weight excluding hydrogens is 230 g/mol. The number of amides is 1. The van der Waals surface area contributed by atoms with Gasteiger partial charge in [-0.05, 0) is 36.9 Å². The predicted molar refractivity (Wildman–Crippen MR) is 71.4 cm³/mol. The van der Waals surface area contributed by atoms with Crippen molar-refractivity contribution < 1.29 is 4.79 Å². The maximum atomic E-state index is 12.1. The van der Waals surface area contributed by atoms with Crippen molar-refractivity contribution in [2.75, 3.05) is 0 Å². The minimum atomic E-state index is -0.0102.